The first kappa shape index (κ1) is 10.6. The van der Waals surface area contributed by atoms with E-state index in [1.54, 1.807) is 6.07 Å². The van der Waals surface area contributed by atoms with Gasteiger partial charge < -0.3 is 0 Å². The zero-order valence-electron chi connectivity index (χ0n) is 5.75. The van der Waals surface area contributed by atoms with Crippen molar-refractivity contribution in [2.24, 2.45) is 5.14 Å². The van der Waals surface area contributed by atoms with Crippen LogP contribution in [0.5, 0.6) is 0 Å². The van der Waals surface area contributed by atoms with Crippen molar-refractivity contribution in [1.29, 1.82) is 0 Å². The first-order valence-corrected chi connectivity index (χ1v) is 6.94. The number of hydrogen-bond donors (Lipinski definition) is 1. The van der Waals surface area contributed by atoms with Gasteiger partial charge in [0.2, 0.25) is 10.0 Å². The number of sulfonamides is 1. The molecule has 1 rings (SSSR count). The lowest BCUT2D eigenvalue weighted by Gasteiger charge is -1.91. The molecule has 7 heteroatoms. The lowest BCUT2D eigenvalue weighted by molar-refractivity contribution is 0.597. The minimum Gasteiger partial charge on any atom is -0.228 e. The molecular weight excluding hydrogens is 330 g/mol. The van der Waals surface area contributed by atoms with E-state index in [2.05, 4.69) is 31.9 Å². The molecule has 0 saturated heterocycles. The van der Waals surface area contributed by atoms with Crippen molar-refractivity contribution in [2.75, 3.05) is 0 Å². The summed E-state index contributed by atoms with van der Waals surface area (Å²) in [5.74, 6) is -0.109. The lowest BCUT2D eigenvalue weighted by Crippen LogP contribution is -2.13. The maximum absolute atomic E-state index is 10.7. The second kappa shape index (κ2) is 3.75. The summed E-state index contributed by atoms with van der Waals surface area (Å²) in [7, 11) is -3.41. The Morgan fingerprint density at radius 2 is 2.08 bits per heavy atom. The lowest BCUT2D eigenvalue weighted by atomic mass is 10.5. The molecule has 0 aliphatic rings. The molecule has 0 amide bonds. The molecule has 0 aliphatic heterocycles. The van der Waals surface area contributed by atoms with Gasteiger partial charge in [0.1, 0.15) is 0 Å². The van der Waals surface area contributed by atoms with E-state index in [9.17, 15) is 8.42 Å². The summed E-state index contributed by atoms with van der Waals surface area (Å²) in [6.07, 6.45) is 0. The molecular formula is C5H5Br2NO2S2. The number of halogens is 2. The van der Waals surface area contributed by atoms with Crippen LogP contribution in [0, 0.1) is 0 Å². The predicted octanol–water partition coefficient (Wildman–Crippen LogP) is 2.06. The Morgan fingerprint density at radius 1 is 1.50 bits per heavy atom. The van der Waals surface area contributed by atoms with Crippen LogP contribution in [0.15, 0.2) is 14.3 Å². The van der Waals surface area contributed by atoms with Crippen molar-refractivity contribution in [3.63, 3.8) is 0 Å². The van der Waals surface area contributed by atoms with Crippen LogP contribution < -0.4 is 5.14 Å². The van der Waals surface area contributed by atoms with Gasteiger partial charge in [-0.25, -0.2) is 13.6 Å². The van der Waals surface area contributed by atoms with Gasteiger partial charge >= 0.3 is 0 Å². The number of rotatable bonds is 2. The van der Waals surface area contributed by atoms with E-state index < -0.39 is 10.0 Å². The molecule has 0 atom stereocenters. The van der Waals surface area contributed by atoms with Crippen LogP contribution in [0.3, 0.4) is 0 Å². The van der Waals surface area contributed by atoms with Crippen LogP contribution in [-0.4, -0.2) is 8.42 Å². The van der Waals surface area contributed by atoms with Gasteiger partial charge in [0.15, 0.2) is 0 Å². The molecule has 0 aromatic carbocycles. The Morgan fingerprint density at radius 3 is 2.42 bits per heavy atom. The normalized spacial score (nSPS) is 11.9. The van der Waals surface area contributed by atoms with Crippen molar-refractivity contribution < 1.29 is 8.42 Å². The molecule has 0 saturated carbocycles. The zero-order chi connectivity index (χ0) is 9.35. The fourth-order valence-electron chi connectivity index (χ4n) is 0.661. The van der Waals surface area contributed by atoms with E-state index in [-0.39, 0.29) is 5.75 Å². The highest BCUT2D eigenvalue weighted by Gasteiger charge is 2.09. The molecule has 1 heterocycles. The molecule has 0 spiro atoms. The van der Waals surface area contributed by atoms with E-state index in [1.807, 2.05) is 0 Å². The third kappa shape index (κ3) is 3.14. The molecule has 12 heavy (non-hydrogen) atoms. The van der Waals surface area contributed by atoms with Gasteiger partial charge in [0.25, 0.3) is 0 Å². The number of hydrogen-bond acceptors (Lipinski definition) is 3. The smallest absolute Gasteiger partial charge is 0.214 e. The first-order valence-electron chi connectivity index (χ1n) is 2.82. The monoisotopic (exact) mass is 333 g/mol. The molecule has 0 radical (unpaired) electrons. The average Bonchev–Trinajstić information content (AvgIpc) is 2.07. The number of thiophene rings is 1. The molecule has 1 aromatic rings. The van der Waals surface area contributed by atoms with Crippen LogP contribution >= 0.6 is 43.2 Å². The highest BCUT2D eigenvalue weighted by molar-refractivity contribution is 9.13. The van der Waals surface area contributed by atoms with Crippen LogP contribution in [0.25, 0.3) is 0 Å². The quantitative estimate of drug-likeness (QED) is 0.899. The minimum absolute atomic E-state index is 0.109. The van der Waals surface area contributed by atoms with Crippen molar-refractivity contribution in [2.45, 2.75) is 5.75 Å². The molecule has 1 aromatic heterocycles. The Hall–Kier alpha value is 0.570. The second-order valence-electron chi connectivity index (χ2n) is 2.14. The molecule has 0 bridgehead atoms. The average molecular weight is 335 g/mol. The summed E-state index contributed by atoms with van der Waals surface area (Å²) in [6, 6.07) is 1.74. The van der Waals surface area contributed by atoms with Gasteiger partial charge in [0, 0.05) is 9.35 Å². The van der Waals surface area contributed by atoms with Gasteiger partial charge in [-0.3, -0.25) is 0 Å². The Bertz CT molecular complexity index is 365. The Kier molecular flexibility index (Phi) is 3.33. The molecule has 0 unspecified atom stereocenters. The van der Waals surface area contributed by atoms with E-state index in [1.165, 1.54) is 11.3 Å². The largest absolute Gasteiger partial charge is 0.228 e. The topological polar surface area (TPSA) is 60.2 Å². The fraction of sp³-hybridized carbons (Fsp3) is 0.200. The van der Waals surface area contributed by atoms with Gasteiger partial charge in [-0.15, -0.1) is 11.3 Å². The van der Waals surface area contributed by atoms with Crippen LogP contribution in [-0.2, 0) is 15.8 Å². The summed E-state index contributed by atoms with van der Waals surface area (Å²) >= 11 is 7.86. The Balaban J connectivity index is 2.92. The van der Waals surface area contributed by atoms with Crippen molar-refractivity contribution in [3.05, 3.63) is 19.2 Å². The maximum Gasteiger partial charge on any atom is 0.214 e. The third-order valence-corrected chi connectivity index (χ3v) is 5.19. The van der Waals surface area contributed by atoms with Crippen molar-refractivity contribution >= 4 is 53.2 Å². The van der Waals surface area contributed by atoms with Crippen LogP contribution in [0.4, 0.5) is 0 Å². The van der Waals surface area contributed by atoms with Gasteiger partial charge in [-0.2, -0.15) is 0 Å². The zero-order valence-corrected chi connectivity index (χ0v) is 10.6. The summed E-state index contributed by atoms with van der Waals surface area (Å²) < 4.78 is 23.1. The Labute approximate surface area is 91.3 Å². The van der Waals surface area contributed by atoms with Crippen LogP contribution in [0.2, 0.25) is 0 Å². The van der Waals surface area contributed by atoms with Gasteiger partial charge in [-0.05, 0) is 37.9 Å². The summed E-state index contributed by atoms with van der Waals surface area (Å²) in [4.78, 5) is 0.719. The maximum atomic E-state index is 10.7. The van der Waals surface area contributed by atoms with Gasteiger partial charge in [0.05, 0.1) is 9.54 Å². The van der Waals surface area contributed by atoms with Gasteiger partial charge in [-0.1, -0.05) is 0 Å². The molecule has 68 valence electrons. The summed E-state index contributed by atoms with van der Waals surface area (Å²) in [5, 5.41) is 4.88. The summed E-state index contributed by atoms with van der Waals surface area (Å²) in [5.41, 5.74) is 0. The molecule has 0 fully saturated rings. The van der Waals surface area contributed by atoms with E-state index >= 15 is 0 Å². The minimum atomic E-state index is -3.41. The van der Waals surface area contributed by atoms with Crippen molar-refractivity contribution in [1.82, 2.24) is 0 Å². The number of nitrogens with two attached hydrogens (primary N) is 1. The molecule has 0 aliphatic carbocycles. The van der Waals surface area contributed by atoms with E-state index in [0.717, 1.165) is 13.1 Å². The van der Waals surface area contributed by atoms with Crippen molar-refractivity contribution in [3.8, 4) is 0 Å². The SMILES string of the molecule is NS(=O)(=O)Cc1cc(Br)c(Br)s1. The fourth-order valence-corrected chi connectivity index (χ4v) is 3.84. The standard InChI is InChI=1S/C5H5Br2NO2S2/c6-4-1-3(11-5(4)7)2-12(8,9)10/h1H,2H2,(H2,8,9,10). The van der Waals surface area contributed by atoms with E-state index in [4.69, 9.17) is 5.14 Å². The highest BCUT2D eigenvalue weighted by atomic mass is 79.9. The molecule has 2 N–H and O–H groups in total. The molecule has 3 nitrogen and oxygen atoms in total. The predicted molar refractivity (Wildman–Crippen MR) is 56.5 cm³/mol. The first-order chi connectivity index (χ1) is 5.38. The van der Waals surface area contributed by atoms with E-state index in [0.29, 0.717) is 0 Å². The number of primary sulfonamides is 1. The summed E-state index contributed by atoms with van der Waals surface area (Å²) in [6.45, 7) is 0. The third-order valence-electron chi connectivity index (χ3n) is 1.04. The van der Waals surface area contributed by atoms with Crippen LogP contribution in [0.1, 0.15) is 4.88 Å². The highest BCUT2D eigenvalue weighted by Crippen LogP contribution is 2.32. The second-order valence-corrected chi connectivity index (χ2v) is 7.06.